The Bertz CT molecular complexity index is 772. The van der Waals surface area contributed by atoms with Gasteiger partial charge in [0.1, 0.15) is 0 Å². The molecule has 0 atom stereocenters. The maximum absolute atomic E-state index is 8.74. The van der Waals surface area contributed by atoms with Gasteiger partial charge in [0, 0.05) is 37.9 Å². The monoisotopic (exact) mass is 426 g/mol. The van der Waals surface area contributed by atoms with Crippen molar-refractivity contribution in [2.24, 2.45) is 32.9 Å². The van der Waals surface area contributed by atoms with Crippen LogP contribution in [-0.2, 0) is 23.2 Å². The number of pyridine rings is 2. The first kappa shape index (κ1) is 25.7. The van der Waals surface area contributed by atoms with Gasteiger partial charge in [-0.25, -0.2) is 0 Å². The number of rotatable bonds is 6. The fourth-order valence-electron chi connectivity index (χ4n) is 1.72. The number of hydrogen-bond acceptors (Lipinski definition) is 6. The molecule has 13 heteroatoms. The predicted molar refractivity (Wildman–Crippen MR) is 111 cm³/mol. The molecule has 2 heterocycles. The van der Waals surface area contributed by atoms with Crippen LogP contribution in [0.15, 0.2) is 59.0 Å². The molecule has 0 aliphatic rings. The third-order valence-corrected chi connectivity index (χ3v) is 2.84. The maximum atomic E-state index is 8.74. The van der Waals surface area contributed by atoms with Crippen molar-refractivity contribution in [2.45, 2.75) is 12.8 Å². The van der Waals surface area contributed by atoms with Crippen LogP contribution in [0.2, 0.25) is 0 Å². The van der Waals surface area contributed by atoms with Crippen molar-refractivity contribution >= 4 is 22.3 Å². The molecule has 0 aliphatic heterocycles. The van der Waals surface area contributed by atoms with Crippen LogP contribution in [0.1, 0.15) is 11.1 Å². The zero-order chi connectivity index (χ0) is 22.1. The van der Waals surface area contributed by atoms with Gasteiger partial charge in [-0.2, -0.15) is 8.42 Å². The molecule has 0 saturated carbocycles. The highest BCUT2D eigenvalue weighted by atomic mass is 32.3. The first-order valence-corrected chi connectivity index (χ1v) is 9.56. The molecule has 0 saturated heterocycles. The molecule has 0 bridgehead atoms. The first-order valence-electron chi connectivity index (χ1n) is 8.16. The van der Waals surface area contributed by atoms with E-state index in [2.05, 4.69) is 20.0 Å². The van der Waals surface area contributed by atoms with E-state index in [1.165, 1.54) is 0 Å². The molecule has 0 amide bonds. The molecule has 0 unspecified atom stereocenters. The minimum Gasteiger partial charge on any atom is -0.370 e. The number of hydrogen-bond donors (Lipinski definition) is 6. The van der Waals surface area contributed by atoms with Crippen LogP contribution in [0.25, 0.3) is 0 Å². The van der Waals surface area contributed by atoms with Gasteiger partial charge in [-0.1, -0.05) is 12.1 Å². The summed E-state index contributed by atoms with van der Waals surface area (Å²) in [7, 11) is -4.67. The molecule has 2 rings (SSSR count). The van der Waals surface area contributed by atoms with Crippen molar-refractivity contribution in [2.75, 3.05) is 13.1 Å². The number of nitrogens with two attached hydrogens (primary N) is 4. The summed E-state index contributed by atoms with van der Waals surface area (Å²) >= 11 is 0. The Morgan fingerprint density at radius 1 is 0.828 bits per heavy atom. The van der Waals surface area contributed by atoms with Gasteiger partial charge in [0.2, 0.25) is 0 Å². The van der Waals surface area contributed by atoms with Gasteiger partial charge < -0.3 is 22.9 Å². The van der Waals surface area contributed by atoms with Gasteiger partial charge in [0.15, 0.2) is 11.9 Å². The fourth-order valence-corrected chi connectivity index (χ4v) is 1.72. The summed E-state index contributed by atoms with van der Waals surface area (Å²) in [5.41, 5.74) is 23.0. The quantitative estimate of drug-likeness (QED) is 0.190. The summed E-state index contributed by atoms with van der Waals surface area (Å²) in [6.07, 6.45) is 8.75. The Hall–Kier alpha value is -3.29. The lowest BCUT2D eigenvalue weighted by Crippen LogP contribution is -2.23. The Labute approximate surface area is 169 Å². The first-order chi connectivity index (χ1) is 13.6. The zero-order valence-corrected chi connectivity index (χ0v) is 16.5. The standard InChI is InChI=1S/2C8H12N4.H2O4S/c2*9-8(10)12-5-3-7-2-1-4-11-6-7;1-5(2,3)4/h2*1-2,4,6H,3,5H2,(H4,9,10,12);(H2,1,2,3,4). The van der Waals surface area contributed by atoms with E-state index in [0.717, 1.165) is 24.0 Å². The average molecular weight is 427 g/mol. The van der Waals surface area contributed by atoms with Crippen molar-refractivity contribution in [3.8, 4) is 0 Å². The van der Waals surface area contributed by atoms with Crippen LogP contribution in [0, 0.1) is 0 Å². The van der Waals surface area contributed by atoms with E-state index >= 15 is 0 Å². The van der Waals surface area contributed by atoms with Gasteiger partial charge >= 0.3 is 10.4 Å². The summed E-state index contributed by atoms with van der Waals surface area (Å²) in [5, 5.41) is 0. The molecule has 0 spiro atoms. The molecular formula is C16H26N8O4S. The van der Waals surface area contributed by atoms with E-state index in [1.807, 2.05) is 36.7 Å². The Balaban J connectivity index is 0.000000442. The van der Waals surface area contributed by atoms with E-state index < -0.39 is 10.4 Å². The SMILES string of the molecule is NC(N)=NCCc1cccnc1.NC(N)=NCCc1cccnc1.O=S(=O)(O)O. The number of aromatic nitrogens is 2. The van der Waals surface area contributed by atoms with Crippen LogP contribution in [-0.4, -0.2) is 52.5 Å². The second kappa shape index (κ2) is 14.7. The highest BCUT2D eigenvalue weighted by Crippen LogP contribution is 1.97. The van der Waals surface area contributed by atoms with E-state index in [-0.39, 0.29) is 11.9 Å². The Kier molecular flexibility index (Phi) is 13.1. The highest BCUT2D eigenvalue weighted by Gasteiger charge is 1.90. The molecule has 0 fully saturated rings. The van der Waals surface area contributed by atoms with Crippen molar-refractivity contribution < 1.29 is 17.5 Å². The molecular weight excluding hydrogens is 400 g/mol. The second-order valence-electron chi connectivity index (χ2n) is 5.28. The third-order valence-electron chi connectivity index (χ3n) is 2.84. The van der Waals surface area contributed by atoms with Gasteiger partial charge in [0.25, 0.3) is 0 Å². The Morgan fingerprint density at radius 3 is 1.41 bits per heavy atom. The summed E-state index contributed by atoms with van der Waals surface area (Å²) in [6.45, 7) is 1.24. The van der Waals surface area contributed by atoms with Crippen LogP contribution in [0.3, 0.4) is 0 Å². The van der Waals surface area contributed by atoms with E-state index in [1.54, 1.807) is 12.4 Å². The molecule has 2 aromatic heterocycles. The van der Waals surface area contributed by atoms with E-state index in [0.29, 0.717) is 13.1 Å². The topological polar surface area (TPSA) is 229 Å². The average Bonchev–Trinajstić information content (AvgIpc) is 2.62. The van der Waals surface area contributed by atoms with Gasteiger partial charge in [0.05, 0.1) is 0 Å². The zero-order valence-electron chi connectivity index (χ0n) is 15.7. The molecule has 29 heavy (non-hydrogen) atoms. The van der Waals surface area contributed by atoms with E-state index in [4.69, 9.17) is 40.5 Å². The van der Waals surface area contributed by atoms with E-state index in [9.17, 15) is 0 Å². The summed E-state index contributed by atoms with van der Waals surface area (Å²) in [5.74, 6) is 0.276. The van der Waals surface area contributed by atoms with Crippen molar-refractivity contribution in [1.29, 1.82) is 0 Å². The van der Waals surface area contributed by atoms with Crippen LogP contribution >= 0.6 is 0 Å². The van der Waals surface area contributed by atoms with Crippen molar-refractivity contribution in [3.05, 3.63) is 60.2 Å². The normalized spacial score (nSPS) is 9.72. The Morgan fingerprint density at radius 2 is 1.17 bits per heavy atom. The lowest BCUT2D eigenvalue weighted by molar-refractivity contribution is 0.381. The molecule has 0 radical (unpaired) electrons. The predicted octanol–water partition coefficient (Wildman–Crippen LogP) is -0.858. The van der Waals surface area contributed by atoms with Gasteiger partial charge in [-0.05, 0) is 36.1 Å². The lowest BCUT2D eigenvalue weighted by atomic mass is 10.2. The highest BCUT2D eigenvalue weighted by molar-refractivity contribution is 7.79. The number of guanidine groups is 2. The smallest absolute Gasteiger partial charge is 0.370 e. The van der Waals surface area contributed by atoms with Crippen molar-refractivity contribution in [1.82, 2.24) is 9.97 Å². The minimum atomic E-state index is -4.67. The maximum Gasteiger partial charge on any atom is 0.394 e. The summed E-state index contributed by atoms with van der Waals surface area (Å²) in [6, 6.07) is 7.78. The molecule has 2 aromatic rings. The van der Waals surface area contributed by atoms with Crippen LogP contribution in [0.4, 0.5) is 0 Å². The molecule has 0 aromatic carbocycles. The molecule has 12 nitrogen and oxygen atoms in total. The van der Waals surface area contributed by atoms with Gasteiger partial charge in [-0.15, -0.1) is 0 Å². The summed E-state index contributed by atoms with van der Waals surface area (Å²) in [4.78, 5) is 15.7. The second-order valence-corrected chi connectivity index (χ2v) is 6.18. The van der Waals surface area contributed by atoms with Gasteiger partial charge in [-0.3, -0.25) is 29.1 Å². The number of aliphatic imine (C=N–C) groups is 2. The molecule has 0 aliphatic carbocycles. The molecule has 160 valence electrons. The lowest BCUT2D eigenvalue weighted by Gasteiger charge is -1.96. The fraction of sp³-hybridized carbons (Fsp3) is 0.250. The van der Waals surface area contributed by atoms with Crippen molar-refractivity contribution in [3.63, 3.8) is 0 Å². The largest absolute Gasteiger partial charge is 0.394 e. The third kappa shape index (κ3) is 20.9. The minimum absolute atomic E-state index is 0.138. The van der Waals surface area contributed by atoms with Crippen LogP contribution < -0.4 is 22.9 Å². The van der Waals surface area contributed by atoms with Crippen LogP contribution in [0.5, 0.6) is 0 Å². The number of nitrogens with zero attached hydrogens (tertiary/aromatic N) is 4. The summed E-state index contributed by atoms with van der Waals surface area (Å²) < 4.78 is 31.6. The molecule has 10 N–H and O–H groups in total.